The van der Waals surface area contributed by atoms with Gasteiger partial charge < -0.3 is 14.8 Å². The predicted octanol–water partition coefficient (Wildman–Crippen LogP) is 3.43. The number of carbonyl (C=O) groups is 1. The highest BCUT2D eigenvalue weighted by molar-refractivity contribution is 6.12. The first-order valence-corrected chi connectivity index (χ1v) is 9.44. The van der Waals surface area contributed by atoms with E-state index in [2.05, 4.69) is 10.4 Å². The lowest BCUT2D eigenvalue weighted by Gasteiger charge is -2.10. The molecule has 0 saturated heterocycles. The van der Waals surface area contributed by atoms with Crippen molar-refractivity contribution in [3.05, 3.63) is 47.3 Å². The molecule has 7 nitrogen and oxygen atoms in total. The Morgan fingerprint density at radius 1 is 1.25 bits per heavy atom. The minimum Gasteiger partial charge on any atom is -0.491 e. The van der Waals surface area contributed by atoms with E-state index in [1.54, 1.807) is 11.8 Å². The summed E-state index contributed by atoms with van der Waals surface area (Å²) in [7, 11) is 3.50. The number of anilines is 1. The van der Waals surface area contributed by atoms with E-state index in [9.17, 15) is 4.79 Å². The van der Waals surface area contributed by atoms with E-state index in [-0.39, 0.29) is 5.91 Å². The maximum absolute atomic E-state index is 13.1. The van der Waals surface area contributed by atoms with Gasteiger partial charge in [0.05, 0.1) is 23.3 Å². The molecule has 1 fully saturated rings. The number of benzene rings is 1. The first-order valence-electron chi connectivity index (χ1n) is 9.44. The second-order valence-electron chi connectivity index (χ2n) is 7.10. The highest BCUT2D eigenvalue weighted by Gasteiger charge is 2.28. The summed E-state index contributed by atoms with van der Waals surface area (Å²) in [6.07, 6.45) is 2.25. The van der Waals surface area contributed by atoms with Crippen LogP contribution in [0.2, 0.25) is 0 Å². The number of hydrogen-bond acceptors (Lipinski definition) is 5. The van der Waals surface area contributed by atoms with Gasteiger partial charge in [0.15, 0.2) is 5.65 Å². The van der Waals surface area contributed by atoms with Crippen LogP contribution in [0.3, 0.4) is 0 Å². The van der Waals surface area contributed by atoms with E-state index in [1.807, 2.05) is 44.3 Å². The topological polar surface area (TPSA) is 78.3 Å². The molecule has 28 heavy (non-hydrogen) atoms. The van der Waals surface area contributed by atoms with Gasteiger partial charge in [-0.1, -0.05) is 0 Å². The summed E-state index contributed by atoms with van der Waals surface area (Å²) in [5.74, 6) is 1.04. The molecule has 7 heteroatoms. The Kier molecular flexibility index (Phi) is 5.00. The van der Waals surface area contributed by atoms with Crippen molar-refractivity contribution in [3.63, 3.8) is 0 Å². The number of pyridine rings is 1. The highest BCUT2D eigenvalue weighted by atomic mass is 16.5. The van der Waals surface area contributed by atoms with Crippen molar-refractivity contribution in [2.75, 3.05) is 25.6 Å². The van der Waals surface area contributed by atoms with Gasteiger partial charge in [0.25, 0.3) is 5.91 Å². The first-order chi connectivity index (χ1) is 13.6. The maximum atomic E-state index is 13.1. The summed E-state index contributed by atoms with van der Waals surface area (Å²) >= 11 is 0. The van der Waals surface area contributed by atoms with Gasteiger partial charge in [-0.15, -0.1) is 0 Å². The van der Waals surface area contributed by atoms with E-state index in [1.165, 1.54) is 0 Å². The minimum atomic E-state index is -0.154. The molecule has 3 aromatic rings. The van der Waals surface area contributed by atoms with Crippen LogP contribution in [0.15, 0.2) is 30.3 Å². The van der Waals surface area contributed by atoms with Gasteiger partial charge in [-0.05, 0) is 50.1 Å². The van der Waals surface area contributed by atoms with Gasteiger partial charge in [0, 0.05) is 31.5 Å². The van der Waals surface area contributed by atoms with Crippen molar-refractivity contribution >= 4 is 22.6 Å². The Morgan fingerprint density at radius 2 is 2.00 bits per heavy atom. The van der Waals surface area contributed by atoms with Gasteiger partial charge in [-0.3, -0.25) is 9.48 Å². The van der Waals surface area contributed by atoms with Gasteiger partial charge >= 0.3 is 0 Å². The molecule has 1 saturated carbocycles. The van der Waals surface area contributed by atoms with Crippen LogP contribution < -0.4 is 10.1 Å². The predicted molar refractivity (Wildman–Crippen MR) is 107 cm³/mol. The number of carbonyl (C=O) groups excluding carboxylic acids is 1. The fraction of sp³-hybridized carbons (Fsp3) is 0.381. The smallest absolute Gasteiger partial charge is 0.256 e. The van der Waals surface area contributed by atoms with Gasteiger partial charge in [-0.2, -0.15) is 5.10 Å². The number of aryl methyl sites for hydroxylation is 2. The lowest BCUT2D eigenvalue weighted by molar-refractivity contribution is 0.102. The zero-order chi connectivity index (χ0) is 19.7. The van der Waals surface area contributed by atoms with E-state index in [4.69, 9.17) is 14.5 Å². The lowest BCUT2D eigenvalue weighted by atomic mass is 10.1. The normalized spacial score (nSPS) is 13.7. The zero-order valence-electron chi connectivity index (χ0n) is 16.4. The maximum Gasteiger partial charge on any atom is 0.256 e. The third-order valence-corrected chi connectivity index (χ3v) is 4.90. The number of fused-ring (bicyclic) bond motifs is 1. The summed E-state index contributed by atoms with van der Waals surface area (Å²) in [6.45, 7) is 2.93. The zero-order valence-corrected chi connectivity index (χ0v) is 16.4. The number of nitrogens with zero attached hydrogens (tertiary/aromatic N) is 3. The molecular weight excluding hydrogens is 356 g/mol. The molecule has 2 aromatic heterocycles. The summed E-state index contributed by atoms with van der Waals surface area (Å²) in [4.78, 5) is 17.8. The third-order valence-electron chi connectivity index (χ3n) is 4.90. The summed E-state index contributed by atoms with van der Waals surface area (Å²) < 4.78 is 12.3. The summed E-state index contributed by atoms with van der Waals surface area (Å²) in [6, 6.07) is 9.25. The largest absolute Gasteiger partial charge is 0.491 e. The molecule has 1 amide bonds. The fourth-order valence-electron chi connectivity index (χ4n) is 3.31. The molecule has 0 radical (unpaired) electrons. The highest BCUT2D eigenvalue weighted by Crippen LogP contribution is 2.40. The first kappa shape index (κ1) is 18.4. The number of nitrogens with one attached hydrogen (secondary N) is 1. The van der Waals surface area contributed by atoms with Crippen LogP contribution in [0.1, 0.15) is 40.5 Å². The van der Waals surface area contributed by atoms with Crippen molar-refractivity contribution in [3.8, 4) is 5.75 Å². The average molecular weight is 380 g/mol. The van der Waals surface area contributed by atoms with E-state index < -0.39 is 0 Å². The van der Waals surface area contributed by atoms with Crippen molar-refractivity contribution in [2.45, 2.75) is 25.7 Å². The molecule has 0 bridgehead atoms. The van der Waals surface area contributed by atoms with Crippen LogP contribution >= 0.6 is 0 Å². The molecule has 0 aliphatic heterocycles. The van der Waals surface area contributed by atoms with Crippen LogP contribution in [-0.4, -0.2) is 41.0 Å². The van der Waals surface area contributed by atoms with Crippen molar-refractivity contribution in [1.82, 2.24) is 14.8 Å². The second-order valence-corrected chi connectivity index (χ2v) is 7.10. The van der Waals surface area contributed by atoms with Crippen LogP contribution in [0.5, 0.6) is 5.75 Å². The number of rotatable bonds is 7. The molecule has 2 heterocycles. The average Bonchev–Trinajstić information content (AvgIpc) is 3.49. The minimum absolute atomic E-state index is 0.154. The molecule has 1 aromatic carbocycles. The van der Waals surface area contributed by atoms with Crippen molar-refractivity contribution in [1.29, 1.82) is 0 Å². The van der Waals surface area contributed by atoms with Gasteiger partial charge in [0.2, 0.25) is 0 Å². The van der Waals surface area contributed by atoms with E-state index in [0.717, 1.165) is 41.0 Å². The Bertz CT molecular complexity index is 1010. The van der Waals surface area contributed by atoms with Crippen LogP contribution in [0.4, 0.5) is 5.69 Å². The summed E-state index contributed by atoms with van der Waals surface area (Å²) in [5.41, 5.74) is 3.87. The van der Waals surface area contributed by atoms with E-state index >= 15 is 0 Å². The third kappa shape index (κ3) is 3.71. The number of methoxy groups -OCH3 is 1. The number of aromatic nitrogens is 3. The fourth-order valence-corrected chi connectivity index (χ4v) is 3.31. The number of hydrogen-bond donors (Lipinski definition) is 1. The molecule has 0 unspecified atom stereocenters. The Labute approximate surface area is 163 Å². The van der Waals surface area contributed by atoms with E-state index in [0.29, 0.717) is 30.4 Å². The molecular formula is C21H24N4O3. The molecule has 1 aliphatic rings. The lowest BCUT2D eigenvalue weighted by Crippen LogP contribution is -2.13. The molecule has 0 spiro atoms. The summed E-state index contributed by atoms with van der Waals surface area (Å²) in [5, 5.41) is 8.25. The Balaban J connectivity index is 1.58. The van der Waals surface area contributed by atoms with Crippen LogP contribution in [0, 0.1) is 6.92 Å². The molecule has 4 rings (SSSR count). The molecule has 1 aliphatic carbocycles. The Hall–Kier alpha value is -2.93. The quantitative estimate of drug-likeness (QED) is 0.636. The monoisotopic (exact) mass is 380 g/mol. The SMILES string of the molecule is COCCOc1ccc(NC(=O)c2cc(C3CC3)nc3c2c(C)nn3C)cc1. The van der Waals surface area contributed by atoms with Crippen molar-refractivity contribution in [2.24, 2.45) is 7.05 Å². The van der Waals surface area contributed by atoms with Crippen molar-refractivity contribution < 1.29 is 14.3 Å². The molecule has 0 atom stereocenters. The number of amides is 1. The Morgan fingerprint density at radius 3 is 2.68 bits per heavy atom. The van der Waals surface area contributed by atoms with Crippen LogP contribution in [-0.2, 0) is 11.8 Å². The van der Waals surface area contributed by atoms with Crippen LogP contribution in [0.25, 0.3) is 11.0 Å². The number of ether oxygens (including phenoxy) is 2. The van der Waals surface area contributed by atoms with Gasteiger partial charge in [-0.25, -0.2) is 4.98 Å². The second kappa shape index (κ2) is 7.59. The van der Waals surface area contributed by atoms with Gasteiger partial charge in [0.1, 0.15) is 12.4 Å². The molecule has 1 N–H and O–H groups in total. The molecule has 146 valence electrons. The standard InChI is InChI=1S/C21H24N4O3/c1-13-19-17(12-18(14-4-5-14)23-20(19)25(2)24-13)21(26)22-15-6-8-16(9-7-15)28-11-10-27-3/h6-9,12,14H,4-5,10-11H2,1-3H3,(H,22,26).